The number of aromatic amines is 1. The van der Waals surface area contributed by atoms with E-state index in [0.717, 1.165) is 47.8 Å². The SMILES string of the molecule is CC1(CN2CCc3c(cccc3Nc3ccc(Cl)c(-c4ncc(-c5ccccc5)[nH]4)c3)C2)CC1. The summed E-state index contributed by atoms with van der Waals surface area (Å²) in [6.45, 7) is 5.81. The van der Waals surface area contributed by atoms with Crippen molar-refractivity contribution >= 4 is 23.0 Å². The van der Waals surface area contributed by atoms with Gasteiger partial charge in [0, 0.05) is 36.6 Å². The number of rotatable bonds is 6. The summed E-state index contributed by atoms with van der Waals surface area (Å²) in [6.07, 6.45) is 5.69. The van der Waals surface area contributed by atoms with Gasteiger partial charge in [-0.3, -0.25) is 4.90 Å². The van der Waals surface area contributed by atoms with Crippen molar-refractivity contribution in [2.24, 2.45) is 5.41 Å². The predicted molar refractivity (Wildman–Crippen MR) is 141 cm³/mol. The third-order valence-corrected chi connectivity index (χ3v) is 7.54. The molecule has 2 N–H and O–H groups in total. The number of fused-ring (bicyclic) bond motifs is 1. The Morgan fingerprint density at radius 1 is 1.06 bits per heavy atom. The maximum atomic E-state index is 6.58. The summed E-state index contributed by atoms with van der Waals surface area (Å²) in [5, 5.41) is 4.34. The fourth-order valence-electron chi connectivity index (χ4n) is 4.99. The third kappa shape index (κ3) is 4.36. The molecule has 4 nitrogen and oxygen atoms in total. The zero-order chi connectivity index (χ0) is 23.1. The number of hydrogen-bond acceptors (Lipinski definition) is 3. The topological polar surface area (TPSA) is 44.0 Å². The highest BCUT2D eigenvalue weighted by Gasteiger charge is 2.39. The van der Waals surface area contributed by atoms with Crippen LogP contribution in [-0.4, -0.2) is 28.0 Å². The lowest BCUT2D eigenvalue weighted by Crippen LogP contribution is -2.34. The van der Waals surface area contributed by atoms with Gasteiger partial charge in [-0.05, 0) is 65.6 Å². The van der Waals surface area contributed by atoms with Gasteiger partial charge in [0.25, 0.3) is 0 Å². The van der Waals surface area contributed by atoms with Gasteiger partial charge in [-0.2, -0.15) is 0 Å². The lowest BCUT2D eigenvalue weighted by molar-refractivity contribution is 0.211. The number of nitrogens with zero attached hydrogens (tertiary/aromatic N) is 2. The van der Waals surface area contributed by atoms with E-state index in [1.165, 1.54) is 36.2 Å². The summed E-state index contributed by atoms with van der Waals surface area (Å²) >= 11 is 6.58. The standard InChI is InChI=1S/C29H29ClN4/c1-29(13-14-29)19-34-15-12-23-21(18-34)8-5-9-26(23)32-22-10-11-25(30)24(16-22)28-31-17-27(33-28)20-6-3-2-4-7-20/h2-11,16-17,32H,12-15,18-19H2,1H3,(H,31,33). The first-order valence-electron chi connectivity index (χ1n) is 12.1. The Bertz CT molecular complexity index is 1320. The van der Waals surface area contributed by atoms with E-state index >= 15 is 0 Å². The second-order valence-corrected chi connectivity index (χ2v) is 10.5. The van der Waals surface area contributed by atoms with Gasteiger partial charge in [-0.15, -0.1) is 0 Å². The first kappa shape index (κ1) is 21.5. The summed E-state index contributed by atoms with van der Waals surface area (Å²) in [5.41, 5.74) is 8.60. The fraction of sp³-hybridized carbons (Fsp3) is 0.276. The minimum atomic E-state index is 0.555. The van der Waals surface area contributed by atoms with Crippen LogP contribution in [0.5, 0.6) is 0 Å². The van der Waals surface area contributed by atoms with Gasteiger partial charge in [0.2, 0.25) is 0 Å². The predicted octanol–water partition coefficient (Wildman–Crippen LogP) is 7.30. The molecule has 1 fully saturated rings. The molecule has 5 heteroatoms. The van der Waals surface area contributed by atoms with E-state index in [9.17, 15) is 0 Å². The van der Waals surface area contributed by atoms with Gasteiger partial charge in [0.1, 0.15) is 5.82 Å². The van der Waals surface area contributed by atoms with Crippen LogP contribution in [0.3, 0.4) is 0 Å². The zero-order valence-electron chi connectivity index (χ0n) is 19.4. The maximum Gasteiger partial charge on any atom is 0.139 e. The normalized spacial score (nSPS) is 16.8. The number of benzene rings is 3. The van der Waals surface area contributed by atoms with Crippen LogP contribution in [0.4, 0.5) is 11.4 Å². The lowest BCUT2D eigenvalue weighted by atomic mass is 9.96. The molecule has 0 amide bonds. The summed E-state index contributed by atoms with van der Waals surface area (Å²) in [6, 6.07) is 22.9. The zero-order valence-corrected chi connectivity index (χ0v) is 20.2. The molecule has 2 heterocycles. The van der Waals surface area contributed by atoms with Crippen molar-refractivity contribution < 1.29 is 0 Å². The number of hydrogen-bond donors (Lipinski definition) is 2. The molecule has 0 bridgehead atoms. The van der Waals surface area contributed by atoms with E-state index in [1.54, 1.807) is 0 Å². The number of imidazole rings is 1. The number of aromatic nitrogens is 2. The summed E-state index contributed by atoms with van der Waals surface area (Å²) < 4.78 is 0. The molecule has 0 saturated heterocycles. The molecule has 3 aromatic carbocycles. The van der Waals surface area contributed by atoms with E-state index in [2.05, 4.69) is 63.5 Å². The second kappa shape index (κ2) is 8.61. The summed E-state index contributed by atoms with van der Waals surface area (Å²) in [4.78, 5) is 10.7. The quantitative estimate of drug-likeness (QED) is 0.312. The van der Waals surface area contributed by atoms with Crippen LogP contribution >= 0.6 is 11.6 Å². The number of nitrogens with one attached hydrogen (secondary N) is 2. The first-order valence-corrected chi connectivity index (χ1v) is 12.4. The molecule has 0 unspecified atom stereocenters. The molecule has 1 aromatic heterocycles. The van der Waals surface area contributed by atoms with E-state index in [4.69, 9.17) is 11.6 Å². The van der Waals surface area contributed by atoms with Crippen LogP contribution in [-0.2, 0) is 13.0 Å². The Kier molecular flexibility index (Phi) is 5.43. The molecular formula is C29H29ClN4. The molecule has 34 heavy (non-hydrogen) atoms. The number of anilines is 2. The first-order chi connectivity index (χ1) is 16.6. The van der Waals surface area contributed by atoms with E-state index in [1.807, 2.05) is 36.5 Å². The van der Waals surface area contributed by atoms with Crippen LogP contribution in [0.15, 0.2) is 72.9 Å². The van der Waals surface area contributed by atoms with Gasteiger partial charge in [-0.25, -0.2) is 4.98 Å². The van der Waals surface area contributed by atoms with Gasteiger partial charge < -0.3 is 10.3 Å². The van der Waals surface area contributed by atoms with Gasteiger partial charge in [0.05, 0.1) is 16.9 Å². The molecule has 2 aliphatic rings. The minimum Gasteiger partial charge on any atom is -0.355 e. The number of halogens is 1. The average molecular weight is 469 g/mol. The van der Waals surface area contributed by atoms with Crippen molar-refractivity contribution in [1.82, 2.24) is 14.9 Å². The molecular weight excluding hydrogens is 440 g/mol. The van der Waals surface area contributed by atoms with Crippen LogP contribution < -0.4 is 5.32 Å². The van der Waals surface area contributed by atoms with Crippen LogP contribution in [0.2, 0.25) is 5.02 Å². The van der Waals surface area contributed by atoms with Crippen LogP contribution in [0.25, 0.3) is 22.6 Å². The Balaban J connectivity index is 1.24. The molecule has 1 saturated carbocycles. The monoisotopic (exact) mass is 468 g/mol. The lowest BCUT2D eigenvalue weighted by Gasteiger charge is -2.32. The molecule has 1 aliphatic carbocycles. The summed E-state index contributed by atoms with van der Waals surface area (Å²) in [5.74, 6) is 0.770. The highest BCUT2D eigenvalue weighted by Crippen LogP contribution is 2.46. The van der Waals surface area contributed by atoms with Crippen LogP contribution in [0.1, 0.15) is 30.9 Å². The average Bonchev–Trinajstić information content (AvgIpc) is 3.37. The Morgan fingerprint density at radius 2 is 1.91 bits per heavy atom. The van der Waals surface area contributed by atoms with E-state index in [-0.39, 0.29) is 0 Å². The number of H-pyrrole nitrogens is 1. The van der Waals surface area contributed by atoms with Crippen molar-refractivity contribution in [2.75, 3.05) is 18.4 Å². The van der Waals surface area contributed by atoms with Gasteiger partial charge in [0.15, 0.2) is 0 Å². The molecule has 6 rings (SSSR count). The van der Waals surface area contributed by atoms with Gasteiger partial charge >= 0.3 is 0 Å². The highest BCUT2D eigenvalue weighted by molar-refractivity contribution is 6.33. The fourth-order valence-corrected chi connectivity index (χ4v) is 5.20. The molecule has 172 valence electrons. The second-order valence-electron chi connectivity index (χ2n) is 10.0. The van der Waals surface area contributed by atoms with Crippen molar-refractivity contribution in [3.63, 3.8) is 0 Å². The Labute approximate surface area is 206 Å². The van der Waals surface area contributed by atoms with Crippen molar-refractivity contribution in [3.8, 4) is 22.6 Å². The highest BCUT2D eigenvalue weighted by atomic mass is 35.5. The molecule has 0 spiro atoms. The van der Waals surface area contributed by atoms with E-state index in [0.29, 0.717) is 10.4 Å². The smallest absolute Gasteiger partial charge is 0.139 e. The maximum absolute atomic E-state index is 6.58. The Morgan fingerprint density at radius 3 is 2.74 bits per heavy atom. The Hall–Kier alpha value is -3.08. The van der Waals surface area contributed by atoms with Crippen molar-refractivity contribution in [1.29, 1.82) is 0 Å². The van der Waals surface area contributed by atoms with E-state index < -0.39 is 0 Å². The third-order valence-electron chi connectivity index (χ3n) is 7.22. The summed E-state index contributed by atoms with van der Waals surface area (Å²) in [7, 11) is 0. The van der Waals surface area contributed by atoms with Gasteiger partial charge in [-0.1, -0.05) is 61.0 Å². The molecule has 0 radical (unpaired) electrons. The molecule has 0 atom stereocenters. The molecule has 4 aromatic rings. The van der Waals surface area contributed by atoms with Crippen molar-refractivity contribution in [2.45, 2.75) is 32.7 Å². The largest absolute Gasteiger partial charge is 0.355 e. The minimum absolute atomic E-state index is 0.555. The molecule has 1 aliphatic heterocycles. The van der Waals surface area contributed by atoms with Crippen molar-refractivity contribution in [3.05, 3.63) is 89.1 Å². The van der Waals surface area contributed by atoms with Crippen LogP contribution in [0, 0.1) is 5.41 Å².